The van der Waals surface area contributed by atoms with E-state index >= 15 is 0 Å². The van der Waals surface area contributed by atoms with Gasteiger partial charge < -0.3 is 10.2 Å². The molecule has 3 aliphatic rings. The normalized spacial score (nSPS) is 29.2. The largest absolute Gasteiger partial charge is 0.337 e. The summed E-state index contributed by atoms with van der Waals surface area (Å²) < 4.78 is 0. The topological polar surface area (TPSA) is 35.6 Å². The van der Waals surface area contributed by atoms with Crippen LogP contribution in [0.15, 0.2) is 11.4 Å². The van der Waals surface area contributed by atoms with E-state index in [0.717, 1.165) is 45.1 Å². The molecule has 0 radical (unpaired) electrons. The summed E-state index contributed by atoms with van der Waals surface area (Å²) >= 11 is 1.83. The van der Waals surface area contributed by atoms with Crippen molar-refractivity contribution in [3.8, 4) is 0 Å². The van der Waals surface area contributed by atoms with Crippen LogP contribution in [-0.4, -0.2) is 54.5 Å². The van der Waals surface area contributed by atoms with Crippen LogP contribution in [0, 0.1) is 5.92 Å². The van der Waals surface area contributed by atoms with E-state index in [4.69, 9.17) is 0 Å². The fraction of sp³-hybridized carbons (Fsp3) is 0.688. The second-order valence-electron chi connectivity index (χ2n) is 6.53. The van der Waals surface area contributed by atoms with Gasteiger partial charge in [-0.2, -0.15) is 0 Å². The van der Waals surface area contributed by atoms with E-state index in [0.29, 0.717) is 18.5 Å². The molecule has 2 fully saturated rings. The van der Waals surface area contributed by atoms with E-state index in [1.165, 1.54) is 23.3 Å². The monoisotopic (exact) mass is 305 g/mol. The molecular weight excluding hydrogens is 282 g/mol. The zero-order valence-corrected chi connectivity index (χ0v) is 13.2. The summed E-state index contributed by atoms with van der Waals surface area (Å²) in [5, 5.41) is 5.64. The molecule has 114 valence electrons. The molecule has 5 heteroatoms. The van der Waals surface area contributed by atoms with Crippen molar-refractivity contribution in [2.45, 2.75) is 31.8 Å². The summed E-state index contributed by atoms with van der Waals surface area (Å²) in [7, 11) is 0. The van der Waals surface area contributed by atoms with E-state index in [-0.39, 0.29) is 0 Å². The highest BCUT2D eigenvalue weighted by molar-refractivity contribution is 7.10. The van der Waals surface area contributed by atoms with Crippen molar-refractivity contribution in [3.05, 3.63) is 21.9 Å². The molecule has 1 aromatic rings. The molecule has 1 amide bonds. The minimum Gasteiger partial charge on any atom is -0.337 e. The second-order valence-corrected chi connectivity index (χ2v) is 7.53. The van der Waals surface area contributed by atoms with Crippen LogP contribution in [-0.2, 0) is 17.8 Å². The summed E-state index contributed by atoms with van der Waals surface area (Å²) in [6.07, 6.45) is 3.60. The minimum atomic E-state index is 0.319. The molecule has 1 N–H and O–H groups in total. The lowest BCUT2D eigenvalue weighted by Crippen LogP contribution is -2.50. The molecule has 1 aromatic heterocycles. The lowest BCUT2D eigenvalue weighted by molar-refractivity contribution is -0.134. The Morgan fingerprint density at radius 3 is 3.29 bits per heavy atom. The van der Waals surface area contributed by atoms with Crippen LogP contribution in [0.3, 0.4) is 0 Å². The van der Waals surface area contributed by atoms with Crippen molar-refractivity contribution in [2.75, 3.05) is 32.7 Å². The van der Waals surface area contributed by atoms with E-state index in [9.17, 15) is 4.79 Å². The minimum absolute atomic E-state index is 0.319. The number of rotatable bonds is 2. The Kier molecular flexibility index (Phi) is 3.73. The van der Waals surface area contributed by atoms with Crippen LogP contribution in [0.4, 0.5) is 0 Å². The highest BCUT2D eigenvalue weighted by Gasteiger charge is 2.36. The first-order chi connectivity index (χ1) is 10.3. The highest BCUT2D eigenvalue weighted by atomic mass is 32.1. The molecule has 21 heavy (non-hydrogen) atoms. The number of hydrogen-bond donors (Lipinski definition) is 1. The molecule has 0 aromatic carbocycles. The van der Waals surface area contributed by atoms with Crippen molar-refractivity contribution in [1.29, 1.82) is 0 Å². The van der Waals surface area contributed by atoms with Crippen LogP contribution in [0.5, 0.6) is 0 Å². The van der Waals surface area contributed by atoms with Gasteiger partial charge in [0.1, 0.15) is 0 Å². The average Bonchev–Trinajstić information content (AvgIpc) is 3.15. The third-order valence-corrected chi connectivity index (χ3v) is 6.32. The number of thiophene rings is 1. The number of amides is 1. The lowest BCUT2D eigenvalue weighted by Gasteiger charge is -2.38. The zero-order chi connectivity index (χ0) is 14.2. The molecule has 4 heterocycles. The number of nitrogens with zero attached hydrogens (tertiary/aromatic N) is 2. The molecule has 4 rings (SSSR count). The molecule has 0 saturated carbocycles. The Morgan fingerprint density at radius 2 is 2.33 bits per heavy atom. The Balaban J connectivity index is 1.40. The van der Waals surface area contributed by atoms with Gasteiger partial charge in [0.05, 0.1) is 6.54 Å². The van der Waals surface area contributed by atoms with Gasteiger partial charge in [0.25, 0.3) is 0 Å². The molecule has 2 unspecified atom stereocenters. The third-order valence-electron chi connectivity index (χ3n) is 5.29. The van der Waals surface area contributed by atoms with Gasteiger partial charge in [-0.05, 0) is 55.3 Å². The van der Waals surface area contributed by atoms with E-state index < -0.39 is 0 Å². The van der Waals surface area contributed by atoms with Gasteiger partial charge in [0.15, 0.2) is 0 Å². The standard InChI is InChI=1S/C16H23N3OS/c20-16(19-6-3-15-13(10-19)4-7-21-15)11-18-5-1-2-12-8-17-9-14(12)18/h4,7,12,14,17H,1-3,5-6,8-11H2. The van der Waals surface area contributed by atoms with Gasteiger partial charge in [0, 0.05) is 30.6 Å². The predicted octanol–water partition coefficient (Wildman–Crippen LogP) is 1.32. The van der Waals surface area contributed by atoms with Crippen LogP contribution in [0.2, 0.25) is 0 Å². The average molecular weight is 305 g/mol. The van der Waals surface area contributed by atoms with Crippen LogP contribution < -0.4 is 5.32 Å². The van der Waals surface area contributed by atoms with Gasteiger partial charge >= 0.3 is 0 Å². The molecule has 4 nitrogen and oxygen atoms in total. The van der Waals surface area contributed by atoms with Crippen molar-refractivity contribution in [1.82, 2.24) is 15.1 Å². The Labute approximate surface area is 130 Å². The quantitative estimate of drug-likeness (QED) is 0.895. The fourth-order valence-electron chi connectivity index (χ4n) is 4.09. The molecule has 2 saturated heterocycles. The highest BCUT2D eigenvalue weighted by Crippen LogP contribution is 2.27. The van der Waals surface area contributed by atoms with Gasteiger partial charge in [-0.15, -0.1) is 11.3 Å². The fourth-order valence-corrected chi connectivity index (χ4v) is 4.98. The molecule has 2 atom stereocenters. The van der Waals surface area contributed by atoms with E-state index in [1.54, 1.807) is 0 Å². The van der Waals surface area contributed by atoms with E-state index in [1.807, 2.05) is 11.3 Å². The van der Waals surface area contributed by atoms with Crippen LogP contribution in [0.1, 0.15) is 23.3 Å². The molecule has 0 aliphatic carbocycles. The maximum absolute atomic E-state index is 12.7. The van der Waals surface area contributed by atoms with Crippen molar-refractivity contribution in [3.63, 3.8) is 0 Å². The molecule has 0 bridgehead atoms. The van der Waals surface area contributed by atoms with Gasteiger partial charge in [-0.1, -0.05) is 0 Å². The number of carbonyl (C=O) groups excluding carboxylic acids is 1. The first kappa shape index (κ1) is 13.7. The van der Waals surface area contributed by atoms with Crippen molar-refractivity contribution >= 4 is 17.2 Å². The summed E-state index contributed by atoms with van der Waals surface area (Å²) in [5.41, 5.74) is 1.36. The maximum atomic E-state index is 12.7. The lowest BCUT2D eigenvalue weighted by atomic mass is 9.92. The number of nitrogens with one attached hydrogen (secondary N) is 1. The molecular formula is C16H23N3OS. The number of carbonyl (C=O) groups is 1. The Bertz CT molecular complexity index is 529. The van der Waals surface area contributed by atoms with Crippen LogP contribution >= 0.6 is 11.3 Å². The predicted molar refractivity (Wildman–Crippen MR) is 84.4 cm³/mol. The SMILES string of the molecule is O=C(CN1CCCC2CNCC21)N1CCc2sccc2C1. The van der Waals surface area contributed by atoms with Crippen molar-refractivity contribution < 1.29 is 4.79 Å². The second kappa shape index (κ2) is 5.71. The number of likely N-dealkylation sites (tertiary alicyclic amines) is 1. The maximum Gasteiger partial charge on any atom is 0.237 e. The zero-order valence-electron chi connectivity index (χ0n) is 12.4. The van der Waals surface area contributed by atoms with Gasteiger partial charge in [0.2, 0.25) is 5.91 Å². The first-order valence-electron chi connectivity index (χ1n) is 8.09. The smallest absolute Gasteiger partial charge is 0.237 e. The van der Waals surface area contributed by atoms with Gasteiger partial charge in [-0.25, -0.2) is 0 Å². The van der Waals surface area contributed by atoms with Crippen LogP contribution in [0.25, 0.3) is 0 Å². The Morgan fingerprint density at radius 1 is 1.38 bits per heavy atom. The van der Waals surface area contributed by atoms with Crippen molar-refractivity contribution in [2.24, 2.45) is 5.92 Å². The Hall–Kier alpha value is -0.910. The summed E-state index contributed by atoms with van der Waals surface area (Å²) in [4.78, 5) is 18.6. The third kappa shape index (κ3) is 2.62. The number of fused-ring (bicyclic) bond motifs is 2. The summed E-state index contributed by atoms with van der Waals surface area (Å²) in [6.45, 7) is 5.61. The summed E-state index contributed by atoms with van der Waals surface area (Å²) in [6, 6.07) is 2.77. The first-order valence-corrected chi connectivity index (χ1v) is 8.97. The summed E-state index contributed by atoms with van der Waals surface area (Å²) in [5.74, 6) is 1.08. The van der Waals surface area contributed by atoms with Gasteiger partial charge in [-0.3, -0.25) is 9.69 Å². The van der Waals surface area contributed by atoms with E-state index in [2.05, 4.69) is 26.6 Å². The molecule has 0 spiro atoms. The number of piperidine rings is 1. The number of hydrogen-bond acceptors (Lipinski definition) is 4. The molecule has 3 aliphatic heterocycles.